The largest absolute Gasteiger partial charge is 0.423 e. The Morgan fingerprint density at radius 3 is 2.73 bits per heavy atom. The third-order valence-corrected chi connectivity index (χ3v) is 5.88. The predicted molar refractivity (Wildman–Crippen MR) is 119 cm³/mol. The Labute approximate surface area is 180 Å². The Bertz CT molecular complexity index is 1120. The summed E-state index contributed by atoms with van der Waals surface area (Å²) < 4.78 is 5.43. The molecule has 2 aromatic carbocycles. The highest BCUT2D eigenvalue weighted by Crippen LogP contribution is 2.21. The third-order valence-electron chi connectivity index (χ3n) is 5.64. The predicted octanol–water partition coefficient (Wildman–Crippen LogP) is 4.36. The second-order valence-electron chi connectivity index (χ2n) is 7.71. The van der Waals surface area contributed by atoms with E-state index in [1.54, 1.807) is 30.3 Å². The number of benzene rings is 2. The van der Waals surface area contributed by atoms with Gasteiger partial charge in [-0.2, -0.15) is 0 Å². The molecular formula is C24H25ClN2O3. The van der Waals surface area contributed by atoms with Crippen molar-refractivity contribution in [2.75, 3.05) is 26.2 Å². The van der Waals surface area contributed by atoms with Crippen molar-refractivity contribution in [2.45, 2.75) is 26.3 Å². The summed E-state index contributed by atoms with van der Waals surface area (Å²) in [6.45, 7) is 5.71. The molecular weight excluding hydrogens is 400 g/mol. The van der Waals surface area contributed by atoms with Crippen LogP contribution in [0.25, 0.3) is 11.0 Å². The van der Waals surface area contributed by atoms with Crippen LogP contribution in [0, 0.1) is 0 Å². The molecule has 0 spiro atoms. The molecule has 3 aromatic rings. The molecule has 2 heterocycles. The van der Waals surface area contributed by atoms with E-state index in [9.17, 15) is 9.59 Å². The molecule has 0 aliphatic carbocycles. The van der Waals surface area contributed by atoms with E-state index in [1.165, 1.54) is 0 Å². The highest BCUT2D eigenvalue weighted by molar-refractivity contribution is 6.30. The van der Waals surface area contributed by atoms with Gasteiger partial charge in [0.1, 0.15) is 5.58 Å². The average Bonchev–Trinajstić information content (AvgIpc) is 2.98. The van der Waals surface area contributed by atoms with Gasteiger partial charge in [0.25, 0.3) is 5.91 Å². The van der Waals surface area contributed by atoms with Crippen molar-refractivity contribution in [3.8, 4) is 0 Å². The first-order valence-corrected chi connectivity index (χ1v) is 10.7. The monoisotopic (exact) mass is 424 g/mol. The molecule has 6 heteroatoms. The van der Waals surface area contributed by atoms with E-state index in [0.29, 0.717) is 35.8 Å². The lowest BCUT2D eigenvalue weighted by molar-refractivity contribution is 0.0761. The summed E-state index contributed by atoms with van der Waals surface area (Å²) in [6, 6.07) is 14.8. The fourth-order valence-electron chi connectivity index (χ4n) is 4.00. The van der Waals surface area contributed by atoms with E-state index >= 15 is 0 Å². The molecule has 30 heavy (non-hydrogen) atoms. The molecule has 0 N–H and O–H groups in total. The van der Waals surface area contributed by atoms with E-state index < -0.39 is 0 Å². The normalized spacial score (nSPS) is 15.3. The van der Waals surface area contributed by atoms with Crippen LogP contribution in [-0.2, 0) is 13.0 Å². The zero-order valence-electron chi connectivity index (χ0n) is 17.1. The number of fused-ring (bicyclic) bond motifs is 1. The Kier molecular flexibility index (Phi) is 6.21. The minimum Gasteiger partial charge on any atom is -0.423 e. The lowest BCUT2D eigenvalue weighted by Gasteiger charge is -2.22. The van der Waals surface area contributed by atoms with Gasteiger partial charge in [0, 0.05) is 54.8 Å². The van der Waals surface area contributed by atoms with Crippen molar-refractivity contribution in [3.05, 3.63) is 80.7 Å². The van der Waals surface area contributed by atoms with Gasteiger partial charge in [-0.1, -0.05) is 36.7 Å². The lowest BCUT2D eigenvalue weighted by atomic mass is 10.1. The average molecular weight is 425 g/mol. The summed E-state index contributed by atoms with van der Waals surface area (Å²) >= 11 is 6.04. The first kappa shape index (κ1) is 20.6. The maximum absolute atomic E-state index is 12.8. The Balaban J connectivity index is 1.49. The van der Waals surface area contributed by atoms with Gasteiger partial charge >= 0.3 is 5.63 Å². The van der Waals surface area contributed by atoms with Gasteiger partial charge in [-0.05, 0) is 48.2 Å². The molecule has 0 radical (unpaired) electrons. The number of halogens is 1. The van der Waals surface area contributed by atoms with E-state index in [2.05, 4.69) is 17.9 Å². The summed E-state index contributed by atoms with van der Waals surface area (Å²) in [5.41, 5.74) is 3.06. The molecule has 4 rings (SSSR count). The van der Waals surface area contributed by atoms with Crippen LogP contribution >= 0.6 is 11.6 Å². The molecule has 0 saturated carbocycles. The molecule has 1 aromatic heterocycles. The van der Waals surface area contributed by atoms with Crippen molar-refractivity contribution in [3.63, 3.8) is 0 Å². The number of nitrogens with zero attached hydrogens (tertiary/aromatic N) is 2. The lowest BCUT2D eigenvalue weighted by Crippen LogP contribution is -2.35. The van der Waals surface area contributed by atoms with Crippen LogP contribution in [0.15, 0.2) is 57.7 Å². The van der Waals surface area contributed by atoms with Crippen molar-refractivity contribution >= 4 is 28.5 Å². The Morgan fingerprint density at radius 2 is 1.93 bits per heavy atom. The first-order chi connectivity index (χ1) is 14.5. The topological polar surface area (TPSA) is 53.8 Å². The molecule has 0 unspecified atom stereocenters. The third kappa shape index (κ3) is 4.58. The van der Waals surface area contributed by atoms with Crippen LogP contribution in [0.1, 0.15) is 34.8 Å². The molecule has 156 valence electrons. The van der Waals surface area contributed by atoms with Crippen LogP contribution < -0.4 is 5.63 Å². The van der Waals surface area contributed by atoms with Crippen molar-refractivity contribution in [1.82, 2.24) is 9.80 Å². The zero-order valence-corrected chi connectivity index (χ0v) is 17.8. The van der Waals surface area contributed by atoms with E-state index in [4.69, 9.17) is 16.0 Å². The van der Waals surface area contributed by atoms with E-state index in [-0.39, 0.29) is 11.5 Å². The fraction of sp³-hybridized carbons (Fsp3) is 0.333. The van der Waals surface area contributed by atoms with Crippen LogP contribution in [0.5, 0.6) is 0 Å². The molecule has 1 aliphatic heterocycles. The number of rotatable bonds is 4. The van der Waals surface area contributed by atoms with Crippen LogP contribution in [-0.4, -0.2) is 41.9 Å². The van der Waals surface area contributed by atoms with Crippen LogP contribution in [0.3, 0.4) is 0 Å². The Hall–Kier alpha value is -2.63. The van der Waals surface area contributed by atoms with Crippen molar-refractivity contribution in [1.29, 1.82) is 0 Å². The van der Waals surface area contributed by atoms with Gasteiger partial charge < -0.3 is 9.32 Å². The van der Waals surface area contributed by atoms with Gasteiger partial charge in [0.15, 0.2) is 0 Å². The SMILES string of the molecule is CCc1ccc2c(CN3CCCN(C(=O)c4cccc(Cl)c4)CC3)cc(=O)oc2c1. The number of carbonyl (C=O) groups is 1. The summed E-state index contributed by atoms with van der Waals surface area (Å²) in [7, 11) is 0. The van der Waals surface area contributed by atoms with Crippen molar-refractivity contribution < 1.29 is 9.21 Å². The number of amides is 1. The number of carbonyl (C=O) groups excluding carboxylic acids is 1. The van der Waals surface area contributed by atoms with Gasteiger partial charge in [-0.25, -0.2) is 4.79 Å². The maximum atomic E-state index is 12.8. The molecule has 0 atom stereocenters. The highest BCUT2D eigenvalue weighted by Gasteiger charge is 2.21. The molecule has 5 nitrogen and oxygen atoms in total. The second-order valence-corrected chi connectivity index (χ2v) is 8.14. The number of aryl methyl sites for hydroxylation is 1. The quantitative estimate of drug-likeness (QED) is 0.584. The smallest absolute Gasteiger partial charge is 0.336 e. The molecule has 1 amide bonds. The van der Waals surface area contributed by atoms with Crippen LogP contribution in [0.2, 0.25) is 5.02 Å². The van der Waals surface area contributed by atoms with Gasteiger partial charge in [-0.15, -0.1) is 0 Å². The maximum Gasteiger partial charge on any atom is 0.336 e. The highest BCUT2D eigenvalue weighted by atomic mass is 35.5. The van der Waals surface area contributed by atoms with Gasteiger partial charge in [0.2, 0.25) is 0 Å². The van der Waals surface area contributed by atoms with Gasteiger partial charge in [-0.3, -0.25) is 9.69 Å². The summed E-state index contributed by atoms with van der Waals surface area (Å²) in [4.78, 5) is 29.1. The zero-order chi connectivity index (χ0) is 21.1. The van der Waals surface area contributed by atoms with E-state index in [0.717, 1.165) is 42.4 Å². The van der Waals surface area contributed by atoms with Crippen molar-refractivity contribution in [2.24, 2.45) is 0 Å². The summed E-state index contributed by atoms with van der Waals surface area (Å²) in [5.74, 6) is 0.0113. The molecule has 1 fully saturated rings. The minimum atomic E-state index is -0.321. The Morgan fingerprint density at radius 1 is 1.07 bits per heavy atom. The first-order valence-electron chi connectivity index (χ1n) is 10.4. The standard InChI is InChI=1S/C24H25ClN2O3/c1-2-17-7-8-21-19(15-23(28)30-22(21)13-17)16-26-9-4-10-27(12-11-26)24(29)18-5-3-6-20(25)14-18/h3,5-8,13-15H,2,4,9-12,16H2,1H3. The fourth-order valence-corrected chi connectivity index (χ4v) is 4.19. The molecule has 0 bridgehead atoms. The van der Waals surface area contributed by atoms with E-state index in [1.807, 2.05) is 17.0 Å². The number of hydrogen-bond donors (Lipinski definition) is 0. The number of hydrogen-bond acceptors (Lipinski definition) is 4. The molecule has 1 saturated heterocycles. The molecule has 1 aliphatic rings. The minimum absolute atomic E-state index is 0.0113. The second kappa shape index (κ2) is 9.02. The summed E-state index contributed by atoms with van der Waals surface area (Å²) in [5, 5.41) is 1.54. The summed E-state index contributed by atoms with van der Waals surface area (Å²) in [6.07, 6.45) is 1.78. The van der Waals surface area contributed by atoms with Crippen LogP contribution in [0.4, 0.5) is 0 Å². The van der Waals surface area contributed by atoms with Gasteiger partial charge in [0.05, 0.1) is 0 Å².